The molecule has 0 spiro atoms. The first kappa shape index (κ1) is 27.6. The molecule has 0 bridgehead atoms. The van der Waals surface area contributed by atoms with Crippen molar-refractivity contribution >= 4 is 33.3 Å². The Labute approximate surface area is 202 Å². The van der Waals surface area contributed by atoms with E-state index in [4.69, 9.17) is 0 Å². The number of unbranched alkanes of at least 4 members (excludes halogenated alkanes) is 2. The number of nitrogens with one attached hydrogen (secondary N) is 1. The average Bonchev–Trinajstić information content (AvgIpc) is 3.34. The van der Waals surface area contributed by atoms with Gasteiger partial charge in [0.25, 0.3) is 5.79 Å². The highest BCUT2D eigenvalue weighted by molar-refractivity contribution is 9.10. The zero-order valence-corrected chi connectivity index (χ0v) is 20.0. The summed E-state index contributed by atoms with van der Waals surface area (Å²) in [6.45, 7) is 4.92. The summed E-state index contributed by atoms with van der Waals surface area (Å²) in [5.41, 5.74) is 1.87. The Morgan fingerprint density at radius 3 is 2.71 bits per heavy atom. The maximum Gasteiger partial charge on any atom is 0.397 e. The summed E-state index contributed by atoms with van der Waals surface area (Å²) >= 11 is 3.37. The van der Waals surface area contributed by atoms with Crippen molar-refractivity contribution in [1.82, 2.24) is 9.97 Å². The second kappa shape index (κ2) is 12.1. The van der Waals surface area contributed by atoms with E-state index in [1.807, 2.05) is 25.2 Å². The van der Waals surface area contributed by atoms with Crippen molar-refractivity contribution in [2.24, 2.45) is 16.1 Å². The lowest BCUT2D eigenvalue weighted by molar-refractivity contribution is -0.154. The molecule has 0 aromatic carbocycles. The zero-order valence-electron chi connectivity index (χ0n) is 18.4. The Bertz CT molecular complexity index is 1040. The smallest absolute Gasteiger partial charge is 0.337 e. The van der Waals surface area contributed by atoms with Crippen LogP contribution < -0.4 is 0 Å². The number of alkyl halides is 4. The fourth-order valence-corrected chi connectivity index (χ4v) is 3.60. The van der Waals surface area contributed by atoms with Crippen molar-refractivity contribution in [3.8, 4) is 0 Å². The molecule has 1 aromatic heterocycles. The molecule has 0 fully saturated rings. The van der Waals surface area contributed by atoms with Gasteiger partial charge in [-0.15, -0.1) is 4.91 Å². The number of aromatic amines is 1. The molecule has 0 amide bonds. The Morgan fingerprint density at radius 2 is 2.12 bits per heavy atom. The van der Waals surface area contributed by atoms with Gasteiger partial charge >= 0.3 is 6.18 Å². The Morgan fingerprint density at radius 1 is 1.38 bits per heavy atom. The quantitative estimate of drug-likeness (QED) is 0.0724. The normalized spacial score (nSPS) is 19.9. The third-order valence-corrected chi connectivity index (χ3v) is 5.45. The number of H-pyrrole nitrogens is 1. The van der Waals surface area contributed by atoms with Crippen LogP contribution in [0.5, 0.6) is 0 Å². The molecule has 1 aliphatic carbocycles. The minimum Gasteiger partial charge on any atom is -0.337 e. The van der Waals surface area contributed by atoms with Crippen LogP contribution >= 0.6 is 15.9 Å². The standard InChI is InChI=1S/C23H24BrF5N4O/c1-3-16(19-20(24)32-21(31-19)17-9-10-22(26,13-17)33-34)8-6-4-5-7-11-30-14-18(12-15(2)25)23(27,28)29/h3,6,8-10,13-14,18H,2,4-5,7,11-12H2,1H3,(H,31,32)/b8-6-,16-3+,30-14-. The van der Waals surface area contributed by atoms with Crippen LogP contribution in [-0.4, -0.2) is 34.7 Å². The molecular weight excluding hydrogens is 523 g/mol. The van der Waals surface area contributed by atoms with Gasteiger partial charge in [0.15, 0.2) is 0 Å². The molecule has 2 unspecified atom stereocenters. The number of imidazole rings is 1. The lowest BCUT2D eigenvalue weighted by Gasteiger charge is -2.14. The number of hydrogen-bond acceptors (Lipinski definition) is 4. The van der Waals surface area contributed by atoms with Gasteiger partial charge in [-0.2, -0.15) is 13.2 Å². The Hall–Kier alpha value is -2.69. The topological polar surface area (TPSA) is 70.5 Å². The predicted molar refractivity (Wildman–Crippen MR) is 127 cm³/mol. The van der Waals surface area contributed by atoms with Gasteiger partial charge in [0, 0.05) is 24.8 Å². The van der Waals surface area contributed by atoms with E-state index < -0.39 is 30.1 Å². The van der Waals surface area contributed by atoms with Gasteiger partial charge in [0.2, 0.25) is 0 Å². The van der Waals surface area contributed by atoms with Crippen molar-refractivity contribution in [1.29, 1.82) is 0 Å². The van der Waals surface area contributed by atoms with Crippen LogP contribution in [0.3, 0.4) is 0 Å². The summed E-state index contributed by atoms with van der Waals surface area (Å²) in [5.74, 6) is -5.00. The lowest BCUT2D eigenvalue weighted by Crippen LogP contribution is -2.24. The van der Waals surface area contributed by atoms with Crippen molar-refractivity contribution in [2.45, 2.75) is 44.6 Å². The fraction of sp³-hybridized carbons (Fsp3) is 0.391. The molecule has 11 heteroatoms. The number of allylic oxidation sites excluding steroid dienone is 7. The molecule has 34 heavy (non-hydrogen) atoms. The highest BCUT2D eigenvalue weighted by Gasteiger charge is 2.38. The van der Waals surface area contributed by atoms with Crippen molar-refractivity contribution in [3.63, 3.8) is 0 Å². The van der Waals surface area contributed by atoms with Crippen LogP contribution in [-0.2, 0) is 0 Å². The molecule has 1 aliphatic rings. The second-order valence-corrected chi connectivity index (χ2v) is 8.32. The largest absolute Gasteiger partial charge is 0.397 e. The molecule has 1 N–H and O–H groups in total. The summed E-state index contributed by atoms with van der Waals surface area (Å²) in [4.78, 5) is 21.8. The van der Waals surface area contributed by atoms with E-state index in [0.29, 0.717) is 41.0 Å². The molecular formula is C23H24BrF5N4O. The fourth-order valence-electron chi connectivity index (χ4n) is 3.10. The number of aliphatic imine (C=N–C) groups is 1. The lowest BCUT2D eigenvalue weighted by atomic mass is 10.1. The van der Waals surface area contributed by atoms with E-state index in [2.05, 4.69) is 42.6 Å². The maximum absolute atomic E-state index is 14.0. The number of nitrogens with zero attached hydrogens (tertiary/aromatic N) is 3. The van der Waals surface area contributed by atoms with E-state index in [-0.39, 0.29) is 6.54 Å². The van der Waals surface area contributed by atoms with Gasteiger partial charge in [0.1, 0.15) is 10.4 Å². The van der Waals surface area contributed by atoms with Gasteiger partial charge < -0.3 is 4.98 Å². The first-order valence-corrected chi connectivity index (χ1v) is 11.2. The molecule has 0 radical (unpaired) electrons. The summed E-state index contributed by atoms with van der Waals surface area (Å²) in [7, 11) is 0. The van der Waals surface area contributed by atoms with Crippen LogP contribution in [0.1, 0.15) is 44.1 Å². The molecule has 2 rings (SSSR count). The van der Waals surface area contributed by atoms with E-state index in [1.165, 1.54) is 6.08 Å². The number of hydrogen-bond donors (Lipinski definition) is 1. The van der Waals surface area contributed by atoms with Gasteiger partial charge in [-0.25, -0.2) is 13.8 Å². The summed E-state index contributed by atoms with van der Waals surface area (Å²) in [6, 6.07) is 0. The third-order valence-electron chi connectivity index (χ3n) is 4.88. The average molecular weight is 547 g/mol. The minimum atomic E-state index is -4.56. The maximum atomic E-state index is 14.0. The summed E-state index contributed by atoms with van der Waals surface area (Å²) < 4.78 is 65.7. The van der Waals surface area contributed by atoms with E-state index >= 15 is 0 Å². The summed E-state index contributed by atoms with van der Waals surface area (Å²) in [6.07, 6.45) is 6.48. The van der Waals surface area contributed by atoms with Crippen LogP contribution in [0.4, 0.5) is 22.0 Å². The van der Waals surface area contributed by atoms with E-state index in [0.717, 1.165) is 23.9 Å². The zero-order chi connectivity index (χ0) is 25.4. The monoisotopic (exact) mass is 546 g/mol. The first-order valence-electron chi connectivity index (χ1n) is 10.4. The molecule has 5 nitrogen and oxygen atoms in total. The molecule has 0 aliphatic heterocycles. The van der Waals surface area contributed by atoms with Gasteiger partial charge in [-0.3, -0.25) is 4.99 Å². The Kier molecular flexibility index (Phi) is 9.84. The number of halogens is 6. The number of nitroso groups, excluding NO2 is 1. The second-order valence-electron chi connectivity index (χ2n) is 7.57. The van der Waals surface area contributed by atoms with Crippen molar-refractivity contribution in [2.75, 3.05) is 6.54 Å². The van der Waals surface area contributed by atoms with Crippen molar-refractivity contribution in [3.05, 3.63) is 69.9 Å². The van der Waals surface area contributed by atoms with Gasteiger partial charge in [-0.1, -0.05) is 24.8 Å². The Balaban J connectivity index is 1.88. The molecule has 0 saturated carbocycles. The number of rotatable bonds is 12. The molecule has 1 heterocycles. The van der Waals surface area contributed by atoms with Crippen LogP contribution in [0.2, 0.25) is 0 Å². The SMILES string of the molecule is C=C(F)CC(/C=N\CCCC/C=C\C(=C/C)c1[nH]c(C2=CC(F)(N=O)C=C2)nc1Br)C(F)(F)F. The van der Waals surface area contributed by atoms with E-state index in [1.54, 1.807) is 0 Å². The highest BCUT2D eigenvalue weighted by Crippen LogP contribution is 2.33. The van der Waals surface area contributed by atoms with Gasteiger partial charge in [0.05, 0.1) is 17.4 Å². The molecule has 2 atom stereocenters. The molecule has 0 saturated heterocycles. The van der Waals surface area contributed by atoms with Gasteiger partial charge in [-0.05, 0) is 71.1 Å². The highest BCUT2D eigenvalue weighted by atomic mass is 79.9. The predicted octanol–water partition coefficient (Wildman–Crippen LogP) is 7.81. The molecule has 184 valence electrons. The minimum absolute atomic E-state index is 0.208. The first-order chi connectivity index (χ1) is 16.0. The molecule has 1 aromatic rings. The van der Waals surface area contributed by atoms with Crippen LogP contribution in [0.15, 0.2) is 63.6 Å². The number of aromatic nitrogens is 2. The van der Waals surface area contributed by atoms with Crippen molar-refractivity contribution < 1.29 is 22.0 Å². The summed E-state index contributed by atoms with van der Waals surface area (Å²) in [5, 5.41) is 2.45. The van der Waals surface area contributed by atoms with E-state index in [9.17, 15) is 26.9 Å². The third kappa shape index (κ3) is 7.96. The van der Waals surface area contributed by atoms with Crippen LogP contribution in [0.25, 0.3) is 11.1 Å². The van der Waals surface area contributed by atoms with Crippen LogP contribution in [0, 0.1) is 10.8 Å².